The minimum Gasteiger partial charge on any atom is -0.356 e. The third-order valence-corrected chi connectivity index (χ3v) is 1.33. The maximum atomic E-state index is 11.6. The van der Waals surface area contributed by atoms with Crippen molar-refractivity contribution in [2.24, 2.45) is 0 Å². The van der Waals surface area contributed by atoms with Crippen LogP contribution >= 0.6 is 0 Å². The van der Waals surface area contributed by atoms with Gasteiger partial charge in [0.25, 0.3) is 0 Å². The normalized spacial score (nSPS) is 11.4. The zero-order valence-corrected chi connectivity index (χ0v) is 7.37. The molecule has 0 aliphatic heterocycles. The van der Waals surface area contributed by atoms with Gasteiger partial charge in [-0.05, 0) is 7.05 Å². The predicted molar refractivity (Wildman–Crippen MR) is 42.2 cm³/mol. The Morgan fingerprint density at radius 1 is 1.31 bits per heavy atom. The quantitative estimate of drug-likeness (QED) is 0.681. The Hall–Kier alpha value is -0.780. The second-order valence-electron chi connectivity index (χ2n) is 2.57. The lowest BCUT2D eigenvalue weighted by Crippen LogP contribution is -2.29. The second-order valence-corrected chi connectivity index (χ2v) is 2.57. The number of hydrogen-bond donors (Lipinski definition) is 2. The maximum absolute atomic E-state index is 11.6. The molecule has 78 valence electrons. The van der Waals surface area contributed by atoms with E-state index in [2.05, 4.69) is 10.6 Å². The summed E-state index contributed by atoms with van der Waals surface area (Å²) in [6.07, 6.45) is -4.97. The van der Waals surface area contributed by atoms with Crippen LogP contribution in [0.25, 0.3) is 0 Å². The monoisotopic (exact) mass is 198 g/mol. The van der Waals surface area contributed by atoms with Crippen LogP contribution < -0.4 is 10.6 Å². The molecule has 0 spiro atoms. The van der Waals surface area contributed by atoms with Crippen molar-refractivity contribution in [3.05, 3.63) is 0 Å². The van der Waals surface area contributed by atoms with E-state index in [1.165, 1.54) is 0 Å². The average molecular weight is 198 g/mol. The number of hydrogen-bond acceptors (Lipinski definition) is 2. The number of amides is 1. The van der Waals surface area contributed by atoms with Crippen molar-refractivity contribution < 1.29 is 18.0 Å². The first kappa shape index (κ1) is 12.2. The fraction of sp³-hybridized carbons (Fsp3) is 0.857. The molecule has 0 radical (unpaired) electrons. The van der Waals surface area contributed by atoms with Crippen LogP contribution in [-0.4, -0.2) is 32.2 Å². The summed E-state index contributed by atoms with van der Waals surface area (Å²) in [4.78, 5) is 10.8. The molecule has 0 aromatic heterocycles. The summed E-state index contributed by atoms with van der Waals surface area (Å²) in [5.41, 5.74) is 0. The lowest BCUT2D eigenvalue weighted by Gasteiger charge is -2.07. The van der Waals surface area contributed by atoms with Crippen LogP contribution in [0.1, 0.15) is 12.8 Å². The molecule has 1 amide bonds. The Balaban J connectivity index is 3.37. The summed E-state index contributed by atoms with van der Waals surface area (Å²) in [5.74, 6) is -0.362. The topological polar surface area (TPSA) is 41.1 Å². The Morgan fingerprint density at radius 3 is 2.38 bits per heavy atom. The van der Waals surface area contributed by atoms with Crippen molar-refractivity contribution in [3.63, 3.8) is 0 Å². The van der Waals surface area contributed by atoms with Crippen molar-refractivity contribution >= 4 is 5.91 Å². The highest BCUT2D eigenvalue weighted by Crippen LogP contribution is 2.17. The molecule has 0 aromatic rings. The van der Waals surface area contributed by atoms with Gasteiger partial charge in [-0.25, -0.2) is 0 Å². The van der Waals surface area contributed by atoms with Crippen LogP contribution in [0.5, 0.6) is 0 Å². The minimum absolute atomic E-state index is 0.203. The van der Waals surface area contributed by atoms with Crippen molar-refractivity contribution in [1.29, 1.82) is 0 Å². The molecule has 0 unspecified atom stereocenters. The van der Waals surface area contributed by atoms with Crippen molar-refractivity contribution in [3.8, 4) is 0 Å². The first-order chi connectivity index (χ1) is 5.95. The van der Waals surface area contributed by atoms with E-state index < -0.39 is 12.6 Å². The Morgan fingerprint density at radius 2 is 1.92 bits per heavy atom. The van der Waals surface area contributed by atoms with Gasteiger partial charge in [0.05, 0.1) is 6.42 Å². The maximum Gasteiger partial charge on any atom is 0.390 e. The molecule has 0 aliphatic carbocycles. The molecule has 0 heterocycles. The van der Waals surface area contributed by atoms with E-state index in [9.17, 15) is 18.0 Å². The first-order valence-corrected chi connectivity index (χ1v) is 3.94. The van der Waals surface area contributed by atoms with Crippen LogP contribution in [0.15, 0.2) is 0 Å². The van der Waals surface area contributed by atoms with Gasteiger partial charge in [-0.1, -0.05) is 0 Å². The van der Waals surface area contributed by atoms with Gasteiger partial charge >= 0.3 is 6.18 Å². The van der Waals surface area contributed by atoms with E-state index >= 15 is 0 Å². The Bertz CT molecular complexity index is 158. The molecule has 3 nitrogen and oxygen atoms in total. The molecule has 0 aliphatic rings. The van der Waals surface area contributed by atoms with E-state index in [-0.39, 0.29) is 18.9 Å². The van der Waals surface area contributed by atoms with Gasteiger partial charge in [-0.3, -0.25) is 4.79 Å². The molecule has 13 heavy (non-hydrogen) atoms. The second kappa shape index (κ2) is 5.80. The summed E-state index contributed by atoms with van der Waals surface area (Å²) in [7, 11) is 1.67. The first-order valence-electron chi connectivity index (χ1n) is 3.94. The van der Waals surface area contributed by atoms with E-state index in [1.54, 1.807) is 7.05 Å². The third kappa shape index (κ3) is 9.13. The highest BCUT2D eigenvalue weighted by Gasteiger charge is 2.26. The molecule has 6 heteroatoms. The summed E-state index contributed by atoms with van der Waals surface area (Å²) in [6, 6.07) is 0. The fourth-order valence-electron chi connectivity index (χ4n) is 0.671. The summed E-state index contributed by atoms with van der Waals surface area (Å²) in [5, 5.41) is 4.90. The number of nitrogens with one attached hydrogen (secondary N) is 2. The Labute approximate surface area is 74.7 Å². The molecular weight excluding hydrogens is 185 g/mol. The standard InChI is InChI=1S/C7H13F3N2O/c1-11-4-2-6(13)12-5-3-7(8,9)10/h11H,2-5H2,1H3,(H,12,13). The van der Waals surface area contributed by atoms with E-state index in [1.807, 2.05) is 0 Å². The van der Waals surface area contributed by atoms with Gasteiger partial charge in [-0.2, -0.15) is 13.2 Å². The zero-order valence-electron chi connectivity index (χ0n) is 7.37. The zero-order chi connectivity index (χ0) is 10.3. The minimum atomic E-state index is -4.20. The van der Waals surface area contributed by atoms with E-state index in [0.29, 0.717) is 6.54 Å². The number of carbonyl (C=O) groups is 1. The van der Waals surface area contributed by atoms with Crippen LogP contribution in [0.3, 0.4) is 0 Å². The van der Waals surface area contributed by atoms with Gasteiger partial charge in [0.1, 0.15) is 0 Å². The molecular formula is C7H13F3N2O. The number of alkyl halides is 3. The summed E-state index contributed by atoms with van der Waals surface area (Å²) < 4.78 is 34.8. The largest absolute Gasteiger partial charge is 0.390 e. The van der Waals surface area contributed by atoms with Crippen molar-refractivity contribution in [2.45, 2.75) is 19.0 Å². The molecule has 0 bridgehead atoms. The van der Waals surface area contributed by atoms with Crippen molar-refractivity contribution in [2.75, 3.05) is 20.1 Å². The van der Waals surface area contributed by atoms with Gasteiger partial charge in [0.2, 0.25) is 5.91 Å². The molecule has 0 fully saturated rings. The number of rotatable bonds is 5. The Kier molecular flexibility index (Phi) is 5.45. The van der Waals surface area contributed by atoms with Gasteiger partial charge in [0, 0.05) is 19.5 Å². The molecule has 0 aromatic carbocycles. The van der Waals surface area contributed by atoms with Gasteiger partial charge in [-0.15, -0.1) is 0 Å². The van der Waals surface area contributed by atoms with Gasteiger partial charge in [0.15, 0.2) is 0 Å². The summed E-state index contributed by atoms with van der Waals surface area (Å²) >= 11 is 0. The predicted octanol–water partition coefficient (Wildman–Crippen LogP) is 0.664. The summed E-state index contributed by atoms with van der Waals surface area (Å²) in [6.45, 7) is 0.129. The SMILES string of the molecule is CNCCC(=O)NCCC(F)(F)F. The molecule has 0 atom stereocenters. The molecule has 2 N–H and O–H groups in total. The third-order valence-electron chi connectivity index (χ3n) is 1.33. The lowest BCUT2D eigenvalue weighted by atomic mass is 10.3. The molecule has 0 saturated heterocycles. The van der Waals surface area contributed by atoms with Crippen LogP contribution in [0.2, 0.25) is 0 Å². The van der Waals surface area contributed by atoms with Crippen LogP contribution in [0, 0.1) is 0 Å². The van der Waals surface area contributed by atoms with E-state index in [4.69, 9.17) is 0 Å². The number of carbonyl (C=O) groups excluding carboxylic acids is 1. The molecule has 0 rings (SSSR count). The molecule has 0 saturated carbocycles. The smallest absolute Gasteiger partial charge is 0.356 e. The van der Waals surface area contributed by atoms with Crippen LogP contribution in [-0.2, 0) is 4.79 Å². The lowest BCUT2D eigenvalue weighted by molar-refractivity contribution is -0.135. The average Bonchev–Trinajstić information content (AvgIpc) is 1.98. The van der Waals surface area contributed by atoms with E-state index in [0.717, 1.165) is 0 Å². The number of halogens is 3. The highest BCUT2D eigenvalue weighted by atomic mass is 19.4. The van der Waals surface area contributed by atoms with Crippen LogP contribution in [0.4, 0.5) is 13.2 Å². The highest BCUT2D eigenvalue weighted by molar-refractivity contribution is 5.75. The van der Waals surface area contributed by atoms with Crippen molar-refractivity contribution in [1.82, 2.24) is 10.6 Å². The van der Waals surface area contributed by atoms with Gasteiger partial charge < -0.3 is 10.6 Å². The fourth-order valence-corrected chi connectivity index (χ4v) is 0.671.